The predicted molar refractivity (Wildman–Crippen MR) is 93.3 cm³/mol. The Kier molecular flexibility index (Phi) is 3.69. The number of carbonyl (C=O) groups is 1. The molecule has 4 fully saturated rings. The Hall–Kier alpha value is -0.290. The first-order valence-corrected chi connectivity index (χ1v) is 9.31. The van der Waals surface area contributed by atoms with E-state index in [1.54, 1.807) is 0 Å². The van der Waals surface area contributed by atoms with Crippen molar-refractivity contribution in [3.05, 3.63) is 26.8 Å². The van der Waals surface area contributed by atoms with Crippen molar-refractivity contribution in [1.82, 2.24) is 0 Å². The van der Waals surface area contributed by atoms with Crippen LogP contribution < -0.4 is 5.32 Å². The summed E-state index contributed by atoms with van der Waals surface area (Å²) in [5, 5.41) is 3.73. The second kappa shape index (κ2) is 5.41. The Labute approximate surface area is 144 Å². The van der Waals surface area contributed by atoms with Crippen LogP contribution >= 0.6 is 34.2 Å². The fourth-order valence-corrected chi connectivity index (χ4v) is 6.06. The predicted octanol–water partition coefficient (Wildman–Crippen LogP) is 4.96. The SMILES string of the molecule is O=C(Nc1ccc(I)cc1Cl)C1C2CC3CC(C2)CC1C3. The van der Waals surface area contributed by atoms with Crippen molar-refractivity contribution in [1.29, 1.82) is 0 Å². The second-order valence-electron chi connectivity index (χ2n) is 7.07. The van der Waals surface area contributed by atoms with Gasteiger partial charge in [-0.25, -0.2) is 0 Å². The van der Waals surface area contributed by atoms with Gasteiger partial charge in [-0.15, -0.1) is 0 Å². The number of amides is 1. The average Bonchev–Trinajstić information content (AvgIpc) is 2.40. The molecule has 4 heteroatoms. The molecule has 2 nitrogen and oxygen atoms in total. The van der Waals surface area contributed by atoms with Crippen LogP contribution in [0.3, 0.4) is 0 Å². The van der Waals surface area contributed by atoms with Gasteiger partial charge >= 0.3 is 0 Å². The van der Waals surface area contributed by atoms with Gasteiger partial charge in [0, 0.05) is 9.49 Å². The van der Waals surface area contributed by atoms with Gasteiger partial charge in [-0.1, -0.05) is 11.6 Å². The highest BCUT2D eigenvalue weighted by atomic mass is 127. The maximum atomic E-state index is 12.8. The Morgan fingerprint density at radius 3 is 2.29 bits per heavy atom. The Bertz CT molecular complexity index is 560. The van der Waals surface area contributed by atoms with E-state index in [1.807, 2.05) is 18.2 Å². The molecule has 0 spiro atoms. The maximum absolute atomic E-state index is 12.8. The average molecular weight is 416 g/mol. The van der Waals surface area contributed by atoms with Crippen molar-refractivity contribution in [2.24, 2.45) is 29.6 Å². The molecule has 4 aliphatic carbocycles. The lowest BCUT2D eigenvalue weighted by molar-refractivity contribution is -0.132. The minimum atomic E-state index is 0.201. The van der Waals surface area contributed by atoms with Crippen LogP contribution in [0.4, 0.5) is 5.69 Å². The molecule has 5 rings (SSSR count). The minimum absolute atomic E-state index is 0.201. The summed E-state index contributed by atoms with van der Waals surface area (Å²) in [6, 6.07) is 5.80. The first-order chi connectivity index (χ1) is 10.1. The molecule has 0 unspecified atom stereocenters. The summed E-state index contributed by atoms with van der Waals surface area (Å²) < 4.78 is 1.09. The van der Waals surface area contributed by atoms with Crippen molar-refractivity contribution in [2.45, 2.75) is 32.1 Å². The van der Waals surface area contributed by atoms with Crippen LogP contribution in [-0.2, 0) is 4.79 Å². The Morgan fingerprint density at radius 1 is 1.10 bits per heavy atom. The molecule has 0 radical (unpaired) electrons. The van der Waals surface area contributed by atoms with Crippen LogP contribution in [0.25, 0.3) is 0 Å². The van der Waals surface area contributed by atoms with Crippen molar-refractivity contribution in [3.63, 3.8) is 0 Å². The highest BCUT2D eigenvalue weighted by Gasteiger charge is 2.50. The molecule has 1 aromatic carbocycles. The molecule has 0 aromatic heterocycles. The zero-order valence-electron chi connectivity index (χ0n) is 11.8. The highest BCUT2D eigenvalue weighted by molar-refractivity contribution is 14.1. The third-order valence-corrected chi connectivity index (χ3v) is 6.70. The largest absolute Gasteiger partial charge is 0.325 e. The molecule has 21 heavy (non-hydrogen) atoms. The molecule has 0 atom stereocenters. The van der Waals surface area contributed by atoms with E-state index in [2.05, 4.69) is 27.9 Å². The third-order valence-electron chi connectivity index (χ3n) is 5.72. The molecule has 4 bridgehead atoms. The number of carbonyl (C=O) groups excluding carboxylic acids is 1. The van der Waals surface area contributed by atoms with Gasteiger partial charge in [0.25, 0.3) is 0 Å². The van der Waals surface area contributed by atoms with E-state index >= 15 is 0 Å². The van der Waals surface area contributed by atoms with Crippen LogP contribution in [-0.4, -0.2) is 5.91 Å². The minimum Gasteiger partial charge on any atom is -0.325 e. The Morgan fingerprint density at radius 2 is 1.71 bits per heavy atom. The lowest BCUT2D eigenvalue weighted by atomic mass is 9.51. The summed E-state index contributed by atoms with van der Waals surface area (Å²) >= 11 is 8.47. The normalized spacial score (nSPS) is 36.8. The van der Waals surface area contributed by atoms with Gasteiger partial charge in [0.15, 0.2) is 0 Å². The molecule has 4 aliphatic rings. The van der Waals surface area contributed by atoms with Crippen LogP contribution in [0.1, 0.15) is 32.1 Å². The number of rotatable bonds is 2. The van der Waals surface area contributed by atoms with Crippen LogP contribution in [0.15, 0.2) is 18.2 Å². The maximum Gasteiger partial charge on any atom is 0.228 e. The van der Waals surface area contributed by atoms with Gasteiger partial charge in [-0.2, -0.15) is 0 Å². The monoisotopic (exact) mass is 415 g/mol. The van der Waals surface area contributed by atoms with Gasteiger partial charge in [0.1, 0.15) is 0 Å². The van der Waals surface area contributed by atoms with Crippen molar-refractivity contribution < 1.29 is 4.79 Å². The lowest BCUT2D eigenvalue weighted by Crippen LogP contribution is -2.49. The number of anilines is 1. The molecular weight excluding hydrogens is 397 g/mol. The summed E-state index contributed by atoms with van der Waals surface area (Å²) in [6.45, 7) is 0. The zero-order chi connectivity index (χ0) is 14.6. The first kappa shape index (κ1) is 14.3. The molecule has 0 heterocycles. The molecule has 1 aromatic rings. The van der Waals surface area contributed by atoms with E-state index in [4.69, 9.17) is 11.6 Å². The van der Waals surface area contributed by atoms with Gasteiger partial charge in [-0.3, -0.25) is 4.79 Å². The zero-order valence-corrected chi connectivity index (χ0v) is 14.7. The number of benzene rings is 1. The number of hydrogen-bond acceptors (Lipinski definition) is 1. The topological polar surface area (TPSA) is 29.1 Å². The van der Waals surface area contributed by atoms with E-state index in [0.29, 0.717) is 16.9 Å². The van der Waals surface area contributed by atoms with Crippen LogP contribution in [0.2, 0.25) is 5.02 Å². The van der Waals surface area contributed by atoms with E-state index in [9.17, 15) is 4.79 Å². The van der Waals surface area contributed by atoms with Crippen molar-refractivity contribution >= 4 is 45.8 Å². The van der Waals surface area contributed by atoms with E-state index in [0.717, 1.165) is 21.1 Å². The van der Waals surface area contributed by atoms with Crippen molar-refractivity contribution in [2.75, 3.05) is 5.32 Å². The van der Waals surface area contributed by atoms with Gasteiger partial charge in [0.05, 0.1) is 10.7 Å². The summed E-state index contributed by atoms with van der Waals surface area (Å²) in [5.74, 6) is 3.45. The number of nitrogens with one attached hydrogen (secondary N) is 1. The number of hydrogen-bond donors (Lipinski definition) is 1. The summed E-state index contributed by atoms with van der Waals surface area (Å²) in [4.78, 5) is 12.8. The fourth-order valence-electron chi connectivity index (χ4n) is 5.16. The standard InChI is InChI=1S/C17H19ClINO/c18-14-8-13(19)1-2-15(14)20-17(21)16-11-4-9-3-10(6-11)7-12(16)5-9/h1-2,8-12,16H,3-7H2,(H,20,21). The molecule has 4 saturated carbocycles. The summed E-state index contributed by atoms with van der Waals surface area (Å²) in [6.07, 6.45) is 6.50. The molecule has 1 N–H and O–H groups in total. The first-order valence-electron chi connectivity index (χ1n) is 7.86. The van der Waals surface area contributed by atoms with Gasteiger partial charge < -0.3 is 5.32 Å². The van der Waals surface area contributed by atoms with Gasteiger partial charge in [-0.05, 0) is 96.6 Å². The molecule has 1 amide bonds. The second-order valence-corrected chi connectivity index (χ2v) is 8.72. The molecule has 0 aliphatic heterocycles. The van der Waals surface area contributed by atoms with E-state index < -0.39 is 0 Å². The molecule has 112 valence electrons. The molecule has 0 saturated heterocycles. The van der Waals surface area contributed by atoms with Crippen LogP contribution in [0, 0.1) is 33.2 Å². The quantitative estimate of drug-likeness (QED) is 0.680. The Balaban J connectivity index is 1.52. The lowest BCUT2D eigenvalue weighted by Gasteiger charge is -2.53. The number of halogens is 2. The van der Waals surface area contributed by atoms with E-state index in [-0.39, 0.29) is 11.8 Å². The fraction of sp³-hybridized carbons (Fsp3) is 0.588. The molecular formula is C17H19ClINO. The smallest absolute Gasteiger partial charge is 0.228 e. The van der Waals surface area contributed by atoms with Crippen molar-refractivity contribution in [3.8, 4) is 0 Å². The third kappa shape index (κ3) is 2.61. The highest BCUT2D eigenvalue weighted by Crippen LogP contribution is 2.56. The summed E-state index contributed by atoms with van der Waals surface area (Å²) in [5.41, 5.74) is 0.760. The van der Waals surface area contributed by atoms with Gasteiger partial charge in [0.2, 0.25) is 5.91 Å². The van der Waals surface area contributed by atoms with E-state index in [1.165, 1.54) is 32.1 Å². The summed E-state index contributed by atoms with van der Waals surface area (Å²) in [7, 11) is 0. The van der Waals surface area contributed by atoms with Crippen LogP contribution in [0.5, 0.6) is 0 Å².